The molecule has 8 nitrogen and oxygen atoms in total. The van der Waals surface area contributed by atoms with Crippen LogP contribution >= 0.6 is 11.8 Å². The van der Waals surface area contributed by atoms with Gasteiger partial charge in [-0.25, -0.2) is 0 Å². The summed E-state index contributed by atoms with van der Waals surface area (Å²) in [5, 5.41) is 11.4. The van der Waals surface area contributed by atoms with Crippen LogP contribution in [0.1, 0.15) is 15.9 Å². The van der Waals surface area contributed by atoms with E-state index in [1.807, 2.05) is 6.07 Å². The smallest absolute Gasteiger partial charge is 0.276 e. The molecule has 2 aromatic carbocycles. The second-order valence-corrected chi connectivity index (χ2v) is 6.49. The third kappa shape index (κ3) is 4.77. The quantitative estimate of drug-likeness (QED) is 0.688. The fourth-order valence-corrected chi connectivity index (χ4v) is 3.02. The number of carbonyl (C=O) groups excluding carboxylic acids is 3. The Hall–Kier alpha value is -3.51. The summed E-state index contributed by atoms with van der Waals surface area (Å²) in [7, 11) is 0. The van der Waals surface area contributed by atoms with Gasteiger partial charge in [0.25, 0.3) is 11.8 Å². The maximum Gasteiger partial charge on any atom is 0.276 e. The molecule has 0 aliphatic carbocycles. The lowest BCUT2D eigenvalue weighted by atomic mass is 10.2. The lowest BCUT2D eigenvalue weighted by molar-refractivity contribution is -0.123. The standard InChI is InChI=1S/C18H14N4O4S/c19-8-11-1-4-13(5-2-11)26-9-16(23)21-22-18(25)12-3-6-15-14(7-12)20-17(24)10-27-15/h1-7H,9-10H2,(H,20,24)(H,21,23)(H,22,25). The van der Waals surface area contributed by atoms with Gasteiger partial charge in [-0.2, -0.15) is 5.26 Å². The number of anilines is 1. The fourth-order valence-electron chi connectivity index (χ4n) is 2.23. The number of nitriles is 1. The van der Waals surface area contributed by atoms with Gasteiger partial charge in [-0.1, -0.05) is 0 Å². The molecule has 3 rings (SSSR count). The predicted octanol–water partition coefficient (Wildman–Crippen LogP) is 1.44. The number of ether oxygens (including phenoxy) is 1. The number of nitrogens with zero attached hydrogens (tertiary/aromatic N) is 1. The minimum absolute atomic E-state index is 0.127. The summed E-state index contributed by atoms with van der Waals surface area (Å²) < 4.78 is 5.27. The molecule has 3 N–H and O–H groups in total. The number of rotatable bonds is 4. The molecule has 1 aliphatic heterocycles. The zero-order valence-electron chi connectivity index (χ0n) is 13.9. The van der Waals surface area contributed by atoms with Crippen LogP contribution in [0.15, 0.2) is 47.4 Å². The molecule has 2 aromatic rings. The normalized spacial score (nSPS) is 12.2. The molecule has 0 radical (unpaired) electrons. The number of hydrogen-bond donors (Lipinski definition) is 3. The lowest BCUT2D eigenvalue weighted by Crippen LogP contribution is -2.43. The number of hydrazine groups is 1. The van der Waals surface area contributed by atoms with E-state index in [2.05, 4.69) is 16.2 Å². The van der Waals surface area contributed by atoms with Crippen LogP contribution in [0.5, 0.6) is 5.75 Å². The Morgan fingerprint density at radius 3 is 2.70 bits per heavy atom. The third-order valence-electron chi connectivity index (χ3n) is 3.54. The lowest BCUT2D eigenvalue weighted by Gasteiger charge is -2.17. The van der Waals surface area contributed by atoms with Gasteiger partial charge >= 0.3 is 0 Å². The minimum Gasteiger partial charge on any atom is -0.484 e. The van der Waals surface area contributed by atoms with Crippen LogP contribution in [-0.4, -0.2) is 30.1 Å². The van der Waals surface area contributed by atoms with Crippen LogP contribution in [-0.2, 0) is 9.59 Å². The highest BCUT2D eigenvalue weighted by Gasteiger charge is 2.17. The molecule has 1 heterocycles. The zero-order chi connectivity index (χ0) is 19.2. The average molecular weight is 382 g/mol. The number of thioether (sulfide) groups is 1. The van der Waals surface area contributed by atoms with Gasteiger partial charge in [-0.3, -0.25) is 25.2 Å². The Balaban J connectivity index is 1.49. The number of amides is 3. The summed E-state index contributed by atoms with van der Waals surface area (Å²) >= 11 is 1.39. The summed E-state index contributed by atoms with van der Waals surface area (Å²) in [6, 6.07) is 13.2. The third-order valence-corrected chi connectivity index (χ3v) is 4.62. The van der Waals surface area contributed by atoms with Crippen molar-refractivity contribution in [3.63, 3.8) is 0 Å². The van der Waals surface area contributed by atoms with Gasteiger partial charge in [0.15, 0.2) is 6.61 Å². The molecule has 3 amide bonds. The SMILES string of the molecule is N#Cc1ccc(OCC(=O)NNC(=O)c2ccc3c(c2)NC(=O)CS3)cc1. The number of carbonyl (C=O) groups is 3. The number of nitrogens with one attached hydrogen (secondary N) is 3. The Bertz CT molecular complexity index is 937. The summed E-state index contributed by atoms with van der Waals surface area (Å²) in [4.78, 5) is 36.2. The molecule has 27 heavy (non-hydrogen) atoms. The van der Waals surface area contributed by atoms with E-state index in [0.717, 1.165) is 4.90 Å². The van der Waals surface area contributed by atoms with E-state index in [-0.39, 0.29) is 12.5 Å². The minimum atomic E-state index is -0.547. The highest BCUT2D eigenvalue weighted by atomic mass is 32.2. The van der Waals surface area contributed by atoms with E-state index >= 15 is 0 Å². The molecule has 0 aromatic heterocycles. The van der Waals surface area contributed by atoms with Gasteiger partial charge in [0, 0.05) is 10.5 Å². The molecule has 1 aliphatic rings. The van der Waals surface area contributed by atoms with E-state index in [1.165, 1.54) is 11.8 Å². The van der Waals surface area contributed by atoms with Crippen LogP contribution in [0.25, 0.3) is 0 Å². The molecule has 0 unspecified atom stereocenters. The Labute approximate surface area is 158 Å². The van der Waals surface area contributed by atoms with E-state index in [9.17, 15) is 14.4 Å². The van der Waals surface area contributed by atoms with Crippen molar-refractivity contribution >= 4 is 35.2 Å². The monoisotopic (exact) mass is 382 g/mol. The Kier molecular flexibility index (Phi) is 5.58. The zero-order valence-corrected chi connectivity index (χ0v) is 14.8. The first kappa shape index (κ1) is 18.3. The van der Waals surface area contributed by atoms with Crippen molar-refractivity contribution in [2.45, 2.75) is 4.90 Å². The number of benzene rings is 2. The molecular formula is C18H14N4O4S. The van der Waals surface area contributed by atoms with Crippen LogP contribution in [0, 0.1) is 11.3 Å². The molecule has 0 bridgehead atoms. The highest BCUT2D eigenvalue weighted by Crippen LogP contribution is 2.31. The molecule has 0 atom stereocenters. The summed E-state index contributed by atoms with van der Waals surface area (Å²) in [6.45, 7) is -0.303. The predicted molar refractivity (Wildman–Crippen MR) is 98.1 cm³/mol. The fraction of sp³-hybridized carbons (Fsp3) is 0.111. The van der Waals surface area contributed by atoms with Gasteiger partial charge in [-0.05, 0) is 42.5 Å². The molecule has 0 saturated heterocycles. The van der Waals surface area contributed by atoms with Crippen molar-refractivity contribution in [1.82, 2.24) is 10.9 Å². The van der Waals surface area contributed by atoms with Crippen molar-refractivity contribution in [2.75, 3.05) is 17.7 Å². The maximum atomic E-state index is 12.1. The van der Waals surface area contributed by atoms with Crippen molar-refractivity contribution in [2.24, 2.45) is 0 Å². The first-order chi connectivity index (χ1) is 13.0. The summed E-state index contributed by atoms with van der Waals surface area (Å²) in [5.74, 6) is -0.422. The summed E-state index contributed by atoms with van der Waals surface area (Å²) in [6.07, 6.45) is 0. The second-order valence-electron chi connectivity index (χ2n) is 5.47. The number of fused-ring (bicyclic) bond motifs is 1. The molecule has 136 valence electrons. The van der Waals surface area contributed by atoms with Crippen molar-refractivity contribution in [3.8, 4) is 11.8 Å². The average Bonchev–Trinajstić information content (AvgIpc) is 2.70. The second kappa shape index (κ2) is 8.25. The first-order valence-corrected chi connectivity index (χ1v) is 8.82. The van der Waals surface area contributed by atoms with Crippen molar-refractivity contribution in [3.05, 3.63) is 53.6 Å². The van der Waals surface area contributed by atoms with Crippen LogP contribution in [0.2, 0.25) is 0 Å². The van der Waals surface area contributed by atoms with Crippen LogP contribution in [0.3, 0.4) is 0 Å². The van der Waals surface area contributed by atoms with Gasteiger partial charge in [0.1, 0.15) is 5.75 Å². The van der Waals surface area contributed by atoms with E-state index in [0.29, 0.717) is 28.3 Å². The largest absolute Gasteiger partial charge is 0.484 e. The first-order valence-electron chi connectivity index (χ1n) is 7.84. The van der Waals surface area contributed by atoms with E-state index < -0.39 is 11.8 Å². The van der Waals surface area contributed by atoms with E-state index in [4.69, 9.17) is 10.00 Å². The Morgan fingerprint density at radius 2 is 1.96 bits per heavy atom. The van der Waals surface area contributed by atoms with Gasteiger partial charge < -0.3 is 10.1 Å². The van der Waals surface area contributed by atoms with Gasteiger partial charge in [0.2, 0.25) is 5.91 Å². The van der Waals surface area contributed by atoms with Crippen LogP contribution in [0.4, 0.5) is 5.69 Å². The van der Waals surface area contributed by atoms with Gasteiger partial charge in [0.05, 0.1) is 23.1 Å². The highest BCUT2D eigenvalue weighted by molar-refractivity contribution is 8.00. The molecule has 9 heteroatoms. The van der Waals surface area contributed by atoms with Crippen molar-refractivity contribution in [1.29, 1.82) is 5.26 Å². The molecule has 0 spiro atoms. The molecule has 0 saturated carbocycles. The number of hydrogen-bond acceptors (Lipinski definition) is 6. The van der Waals surface area contributed by atoms with E-state index in [1.54, 1.807) is 42.5 Å². The molecular weight excluding hydrogens is 368 g/mol. The topological polar surface area (TPSA) is 120 Å². The van der Waals surface area contributed by atoms with Crippen molar-refractivity contribution < 1.29 is 19.1 Å². The Morgan fingerprint density at radius 1 is 1.19 bits per heavy atom. The maximum absolute atomic E-state index is 12.1. The van der Waals surface area contributed by atoms with Gasteiger partial charge in [-0.15, -0.1) is 11.8 Å². The molecule has 0 fully saturated rings. The van der Waals surface area contributed by atoms with Crippen LogP contribution < -0.4 is 20.9 Å². The summed E-state index contributed by atoms with van der Waals surface area (Å²) in [5.41, 5.74) is 5.89.